The lowest BCUT2D eigenvalue weighted by Gasteiger charge is -2.20. The average Bonchev–Trinajstić information content (AvgIpc) is 3.07. The van der Waals surface area contributed by atoms with E-state index in [1.807, 2.05) is 88.4 Å². The van der Waals surface area contributed by atoms with Gasteiger partial charge in [-0.1, -0.05) is 48.5 Å². The number of amides is 1. The zero-order valence-corrected chi connectivity index (χ0v) is 27.3. The minimum atomic E-state index is -0.936. The van der Waals surface area contributed by atoms with Gasteiger partial charge in [0.1, 0.15) is 17.4 Å². The first-order valence-corrected chi connectivity index (χ1v) is 15.7. The van der Waals surface area contributed by atoms with Gasteiger partial charge in [0.05, 0.1) is 18.0 Å². The maximum Gasteiger partial charge on any atom is 0.339 e. The molecule has 1 heterocycles. The highest BCUT2D eigenvalue weighted by molar-refractivity contribution is 6.08. The number of carbonyl (C=O) groups excluding carboxylic acids is 3. The summed E-state index contributed by atoms with van der Waals surface area (Å²) >= 11 is 0. The summed E-state index contributed by atoms with van der Waals surface area (Å²) in [5.74, 6) is -1.26. The number of methoxy groups -OCH3 is 1. The van der Waals surface area contributed by atoms with Crippen LogP contribution < -0.4 is 16.0 Å². The number of nitrogens with zero attached hydrogens (tertiary/aromatic N) is 1. The third-order valence-electron chi connectivity index (χ3n) is 7.93. The third kappa shape index (κ3) is 7.35. The fourth-order valence-corrected chi connectivity index (χ4v) is 5.71. The molecule has 3 aromatic rings. The number of carbonyl (C=O) groups is 3. The van der Waals surface area contributed by atoms with Crippen molar-refractivity contribution in [2.45, 2.75) is 40.2 Å². The van der Waals surface area contributed by atoms with E-state index in [0.717, 1.165) is 50.8 Å². The molecule has 3 aromatic carbocycles. The highest BCUT2D eigenvalue weighted by Crippen LogP contribution is 2.43. The molecule has 9 heteroatoms. The van der Waals surface area contributed by atoms with E-state index in [9.17, 15) is 14.4 Å². The molecule has 5 rings (SSSR count). The molecule has 1 aliphatic heterocycles. The molecule has 0 radical (unpaired) electrons. The number of hydrogen-bond acceptors (Lipinski definition) is 8. The number of hydrogen-bond donors (Lipinski definition) is 2. The molecule has 2 aliphatic rings. The van der Waals surface area contributed by atoms with Gasteiger partial charge in [0, 0.05) is 53.8 Å². The van der Waals surface area contributed by atoms with Crippen LogP contribution in [0.15, 0.2) is 88.3 Å². The van der Waals surface area contributed by atoms with Gasteiger partial charge < -0.3 is 24.5 Å². The average molecular weight is 634 g/mol. The zero-order valence-electron chi connectivity index (χ0n) is 27.3. The molecule has 0 fully saturated rings. The van der Waals surface area contributed by atoms with Crippen molar-refractivity contribution in [1.29, 1.82) is 0 Å². The van der Waals surface area contributed by atoms with Crippen molar-refractivity contribution < 1.29 is 28.3 Å². The number of benzene rings is 4. The molecule has 1 unspecified atom stereocenters. The number of rotatable bonds is 11. The summed E-state index contributed by atoms with van der Waals surface area (Å²) < 4.78 is 16.9. The summed E-state index contributed by atoms with van der Waals surface area (Å²) in [6.45, 7) is 8.85. The Morgan fingerprint density at radius 2 is 1.64 bits per heavy atom. The Kier molecular flexibility index (Phi) is 10.3. The van der Waals surface area contributed by atoms with E-state index in [1.165, 1.54) is 7.11 Å². The Morgan fingerprint density at radius 1 is 0.894 bits per heavy atom. The summed E-state index contributed by atoms with van der Waals surface area (Å²) in [6, 6.07) is 23.5. The number of ether oxygens (including phenoxy) is 2. The van der Waals surface area contributed by atoms with Crippen LogP contribution in [0.1, 0.15) is 40.9 Å². The summed E-state index contributed by atoms with van der Waals surface area (Å²) in [5.41, 5.74) is 7.00. The van der Waals surface area contributed by atoms with E-state index < -0.39 is 30.5 Å². The lowest BCUT2D eigenvalue weighted by molar-refractivity contribution is -0.145. The minimum absolute atomic E-state index is 0.233. The highest BCUT2D eigenvalue weighted by Gasteiger charge is 2.25. The molecular formula is C38H39N3O6. The minimum Gasteiger partial charge on any atom is -0.467 e. The van der Waals surface area contributed by atoms with Crippen LogP contribution in [-0.2, 0) is 25.5 Å². The lowest BCUT2D eigenvalue weighted by Crippen LogP contribution is -2.44. The molecule has 0 saturated carbocycles. The van der Waals surface area contributed by atoms with Gasteiger partial charge in [-0.2, -0.15) is 0 Å². The highest BCUT2D eigenvalue weighted by atomic mass is 16.5. The van der Waals surface area contributed by atoms with Crippen molar-refractivity contribution in [3.8, 4) is 22.5 Å². The fourth-order valence-electron chi connectivity index (χ4n) is 5.71. The first kappa shape index (κ1) is 32.9. The summed E-state index contributed by atoms with van der Waals surface area (Å²) in [6.07, 6.45) is 0.233. The van der Waals surface area contributed by atoms with Crippen molar-refractivity contribution in [1.82, 2.24) is 5.32 Å². The number of nitrogens with one attached hydrogen (secondary N) is 2. The van der Waals surface area contributed by atoms with Crippen molar-refractivity contribution >= 4 is 34.5 Å². The lowest BCUT2D eigenvalue weighted by atomic mass is 9.89. The van der Waals surface area contributed by atoms with Crippen LogP contribution in [0.25, 0.3) is 33.4 Å². The van der Waals surface area contributed by atoms with E-state index in [4.69, 9.17) is 13.9 Å². The number of anilines is 1. The van der Waals surface area contributed by atoms with E-state index in [0.29, 0.717) is 23.5 Å². The summed E-state index contributed by atoms with van der Waals surface area (Å²) in [5, 5.41) is 7.70. The zero-order chi connectivity index (χ0) is 33.5. The van der Waals surface area contributed by atoms with Crippen molar-refractivity contribution in [3.63, 3.8) is 0 Å². The Labute approximate surface area is 274 Å². The Morgan fingerprint density at radius 3 is 2.36 bits per heavy atom. The van der Waals surface area contributed by atoms with Crippen molar-refractivity contribution in [3.05, 3.63) is 106 Å². The fraction of sp³-hybridized carbons (Fsp3) is 0.263. The second-order valence-corrected chi connectivity index (χ2v) is 11.2. The molecule has 47 heavy (non-hydrogen) atoms. The van der Waals surface area contributed by atoms with Gasteiger partial charge in [0.15, 0.2) is 6.61 Å². The van der Waals surface area contributed by atoms with Gasteiger partial charge in [-0.25, -0.2) is 9.59 Å². The Balaban J connectivity index is 1.51. The SMILES string of the molecule is CCN=c1cc2oc3cc(NCC)c(C)cc3c(-c3ccccc3C(=O)OCC(=O)NC(Cc3ccccc3)C(=O)OC)c-2cc1C. The molecule has 0 aromatic heterocycles. The third-order valence-corrected chi connectivity index (χ3v) is 7.93. The molecule has 1 atom stereocenters. The molecule has 242 valence electrons. The van der Waals surface area contributed by atoms with Gasteiger partial charge in [-0.15, -0.1) is 0 Å². The van der Waals surface area contributed by atoms with Crippen LogP contribution in [0.5, 0.6) is 0 Å². The van der Waals surface area contributed by atoms with Crippen molar-refractivity contribution in [2.24, 2.45) is 4.99 Å². The van der Waals surface area contributed by atoms with Crippen LogP contribution in [0.3, 0.4) is 0 Å². The van der Waals surface area contributed by atoms with Gasteiger partial charge in [0.25, 0.3) is 5.91 Å². The van der Waals surface area contributed by atoms with E-state index in [1.54, 1.807) is 12.1 Å². The topological polar surface area (TPSA) is 119 Å². The van der Waals surface area contributed by atoms with E-state index in [-0.39, 0.29) is 12.0 Å². The smallest absolute Gasteiger partial charge is 0.339 e. The van der Waals surface area contributed by atoms with Crippen molar-refractivity contribution in [2.75, 3.05) is 32.1 Å². The predicted octanol–water partition coefficient (Wildman–Crippen LogP) is 6.23. The number of aryl methyl sites for hydroxylation is 2. The van der Waals surface area contributed by atoms with Crippen LogP contribution in [-0.4, -0.2) is 50.7 Å². The molecule has 0 bridgehead atoms. The van der Waals surface area contributed by atoms with Crippen LogP contribution in [0.2, 0.25) is 0 Å². The van der Waals surface area contributed by atoms with Gasteiger partial charge in [-0.05, 0) is 68.1 Å². The van der Waals surface area contributed by atoms with Gasteiger partial charge >= 0.3 is 11.9 Å². The number of fused-ring (bicyclic) bond motifs is 2. The summed E-state index contributed by atoms with van der Waals surface area (Å²) in [4.78, 5) is 43.6. The molecule has 1 amide bonds. The maximum absolute atomic E-state index is 13.7. The molecular weight excluding hydrogens is 594 g/mol. The molecule has 0 saturated heterocycles. The monoisotopic (exact) mass is 633 g/mol. The Bertz CT molecular complexity index is 1960. The second-order valence-electron chi connectivity index (χ2n) is 11.2. The van der Waals surface area contributed by atoms with Gasteiger partial charge in [-0.3, -0.25) is 9.79 Å². The van der Waals surface area contributed by atoms with E-state index >= 15 is 0 Å². The van der Waals surface area contributed by atoms with Crippen LogP contribution in [0.4, 0.5) is 5.69 Å². The van der Waals surface area contributed by atoms with Gasteiger partial charge in [0.2, 0.25) is 0 Å². The first-order chi connectivity index (χ1) is 22.7. The molecule has 1 aliphatic carbocycles. The predicted molar refractivity (Wildman–Crippen MR) is 182 cm³/mol. The quantitative estimate of drug-likeness (QED) is 0.131. The van der Waals surface area contributed by atoms with Crippen LogP contribution >= 0.6 is 0 Å². The number of esters is 2. The van der Waals surface area contributed by atoms with Crippen LogP contribution in [0, 0.1) is 13.8 Å². The normalized spacial score (nSPS) is 12.1. The Hall–Kier alpha value is -5.44. The largest absolute Gasteiger partial charge is 0.467 e. The summed E-state index contributed by atoms with van der Waals surface area (Å²) in [7, 11) is 1.26. The maximum atomic E-state index is 13.7. The standard InChI is InChI=1S/C38H39N3O6/c1-6-39-30-20-33-28(17-23(30)3)36(29-18-24(4)31(40-7-2)21-34(29)47-33)26-15-11-12-16-27(26)37(43)46-22-35(42)41-32(38(44)45-5)19-25-13-9-8-10-14-25/h8-18,20-21,32,39H,6-7,19,22H2,1-5H3,(H,41,42). The van der Waals surface area contributed by atoms with E-state index in [2.05, 4.69) is 21.7 Å². The molecule has 0 spiro atoms. The molecule has 2 N–H and O–H groups in total. The molecule has 9 nitrogen and oxygen atoms in total. The second kappa shape index (κ2) is 14.8. The first-order valence-electron chi connectivity index (χ1n) is 15.7.